The Balaban J connectivity index is 2.34. The van der Waals surface area contributed by atoms with E-state index < -0.39 is 0 Å². The molecule has 0 bridgehead atoms. The van der Waals surface area contributed by atoms with E-state index in [2.05, 4.69) is 10.6 Å². The molecule has 2 unspecified atom stereocenters. The highest BCUT2D eigenvalue weighted by molar-refractivity contribution is 6.32. The Labute approximate surface area is 117 Å². The Bertz CT molecular complexity index is 415. The topological polar surface area (TPSA) is 70.6 Å². The van der Waals surface area contributed by atoms with Crippen molar-refractivity contribution < 1.29 is 14.6 Å². The van der Waals surface area contributed by atoms with Crippen molar-refractivity contribution in [3.63, 3.8) is 0 Å². The summed E-state index contributed by atoms with van der Waals surface area (Å²) in [6.07, 6.45) is -0.213. The summed E-state index contributed by atoms with van der Waals surface area (Å²) in [6, 6.07) is 6.55. The van der Waals surface area contributed by atoms with Crippen molar-refractivity contribution in [2.24, 2.45) is 0 Å². The van der Waals surface area contributed by atoms with Crippen molar-refractivity contribution in [2.75, 3.05) is 13.2 Å². The summed E-state index contributed by atoms with van der Waals surface area (Å²) in [5.74, 6) is 0.586. The largest absolute Gasteiger partial charge is 0.487 e. The molecule has 0 saturated heterocycles. The van der Waals surface area contributed by atoms with E-state index in [1.165, 1.54) is 0 Å². The van der Waals surface area contributed by atoms with E-state index in [0.29, 0.717) is 17.3 Å². The van der Waals surface area contributed by atoms with Gasteiger partial charge in [-0.2, -0.15) is 0 Å². The van der Waals surface area contributed by atoms with Gasteiger partial charge in [0.15, 0.2) is 0 Å². The lowest BCUT2D eigenvalue weighted by Gasteiger charge is -2.17. The monoisotopic (exact) mass is 286 g/mol. The normalized spacial score (nSPS) is 13.5. The van der Waals surface area contributed by atoms with Gasteiger partial charge in [-0.25, -0.2) is 4.79 Å². The molecule has 106 valence electrons. The van der Waals surface area contributed by atoms with Gasteiger partial charge in [0, 0.05) is 0 Å². The van der Waals surface area contributed by atoms with E-state index in [0.717, 1.165) is 0 Å². The van der Waals surface area contributed by atoms with Gasteiger partial charge in [-0.3, -0.25) is 0 Å². The molecule has 0 aliphatic carbocycles. The van der Waals surface area contributed by atoms with E-state index in [1.807, 2.05) is 19.1 Å². The lowest BCUT2D eigenvalue weighted by atomic mass is 10.3. The molecule has 0 aliphatic heterocycles. The number of nitrogens with one attached hydrogen (secondary N) is 2. The lowest BCUT2D eigenvalue weighted by Crippen LogP contribution is -2.45. The third-order valence-corrected chi connectivity index (χ3v) is 2.68. The molecule has 19 heavy (non-hydrogen) atoms. The average molecular weight is 287 g/mol. The Hall–Kier alpha value is -1.46. The van der Waals surface area contributed by atoms with Crippen LogP contribution >= 0.6 is 11.6 Å². The number of carbonyl (C=O) groups is 1. The summed E-state index contributed by atoms with van der Waals surface area (Å²) in [6.45, 7) is 3.79. The van der Waals surface area contributed by atoms with Crippen LogP contribution in [0.3, 0.4) is 0 Å². The first-order valence-electron chi connectivity index (χ1n) is 6.09. The molecule has 1 rings (SSSR count). The highest BCUT2D eigenvalue weighted by atomic mass is 35.5. The van der Waals surface area contributed by atoms with Crippen molar-refractivity contribution in [1.29, 1.82) is 0 Å². The zero-order valence-corrected chi connectivity index (χ0v) is 11.8. The third-order valence-electron chi connectivity index (χ3n) is 2.37. The van der Waals surface area contributed by atoms with Gasteiger partial charge in [-0.05, 0) is 26.0 Å². The van der Waals surface area contributed by atoms with Gasteiger partial charge in [0.25, 0.3) is 0 Å². The standard InChI is InChI=1S/C13H19ClN2O3/c1-9(8-17)16-13(18)15-7-10(2)19-12-6-4-3-5-11(12)14/h3-6,9-10,17H,7-8H2,1-2H3,(H2,15,16,18). The fourth-order valence-corrected chi connectivity index (χ4v) is 1.54. The fourth-order valence-electron chi connectivity index (χ4n) is 1.36. The predicted molar refractivity (Wildman–Crippen MR) is 74.6 cm³/mol. The molecule has 0 saturated carbocycles. The van der Waals surface area contributed by atoms with Gasteiger partial charge in [0.2, 0.25) is 0 Å². The van der Waals surface area contributed by atoms with E-state index >= 15 is 0 Å². The Morgan fingerprint density at radius 3 is 2.74 bits per heavy atom. The second-order valence-corrected chi connectivity index (χ2v) is 4.70. The molecular weight excluding hydrogens is 268 g/mol. The van der Waals surface area contributed by atoms with Crippen LogP contribution in [0.15, 0.2) is 24.3 Å². The summed E-state index contributed by atoms with van der Waals surface area (Å²) in [4.78, 5) is 11.4. The molecule has 3 N–H and O–H groups in total. The van der Waals surface area contributed by atoms with Crippen molar-refractivity contribution in [3.05, 3.63) is 29.3 Å². The Morgan fingerprint density at radius 2 is 2.11 bits per heavy atom. The average Bonchev–Trinajstić information content (AvgIpc) is 2.39. The number of para-hydroxylation sites is 1. The van der Waals surface area contributed by atoms with Crippen molar-refractivity contribution in [3.8, 4) is 5.75 Å². The number of hydrogen-bond donors (Lipinski definition) is 3. The summed E-state index contributed by atoms with van der Waals surface area (Å²) < 4.78 is 5.60. The molecule has 2 amide bonds. The number of benzene rings is 1. The van der Waals surface area contributed by atoms with Crippen LogP contribution in [0.5, 0.6) is 5.75 Å². The molecule has 1 aromatic carbocycles. The molecule has 0 fully saturated rings. The molecule has 0 spiro atoms. The van der Waals surface area contributed by atoms with Crippen LogP contribution < -0.4 is 15.4 Å². The van der Waals surface area contributed by atoms with Gasteiger partial charge in [-0.1, -0.05) is 23.7 Å². The molecule has 6 heteroatoms. The first-order valence-corrected chi connectivity index (χ1v) is 6.47. The third kappa shape index (κ3) is 5.81. The summed E-state index contributed by atoms with van der Waals surface area (Å²) in [5.41, 5.74) is 0. The van der Waals surface area contributed by atoms with E-state index in [4.69, 9.17) is 21.4 Å². The molecule has 0 aliphatic rings. The number of amides is 2. The molecule has 0 radical (unpaired) electrons. The van der Waals surface area contributed by atoms with Crippen LogP contribution in [0.4, 0.5) is 4.79 Å². The number of aliphatic hydroxyl groups is 1. The number of halogens is 1. The maximum Gasteiger partial charge on any atom is 0.315 e. The van der Waals surface area contributed by atoms with Crippen molar-refractivity contribution in [2.45, 2.75) is 26.0 Å². The van der Waals surface area contributed by atoms with E-state index in [-0.39, 0.29) is 24.8 Å². The molecule has 5 nitrogen and oxygen atoms in total. The first kappa shape index (κ1) is 15.6. The predicted octanol–water partition coefficient (Wildman–Crippen LogP) is 1.79. The van der Waals surface area contributed by atoms with Crippen LogP contribution in [0, 0.1) is 0 Å². The van der Waals surface area contributed by atoms with Crippen molar-refractivity contribution >= 4 is 17.6 Å². The number of hydrogen-bond acceptors (Lipinski definition) is 3. The zero-order chi connectivity index (χ0) is 14.3. The van der Waals surface area contributed by atoms with Gasteiger partial charge in [-0.15, -0.1) is 0 Å². The Kier molecular flexibility index (Phi) is 6.45. The number of rotatable bonds is 6. The van der Waals surface area contributed by atoms with Gasteiger partial charge in [0.1, 0.15) is 11.9 Å². The fraction of sp³-hybridized carbons (Fsp3) is 0.462. The minimum Gasteiger partial charge on any atom is -0.487 e. The molecule has 1 aromatic rings. The second kappa shape index (κ2) is 7.86. The quantitative estimate of drug-likeness (QED) is 0.747. The van der Waals surface area contributed by atoms with Crippen LogP contribution in [-0.2, 0) is 0 Å². The van der Waals surface area contributed by atoms with Crippen LogP contribution in [0.25, 0.3) is 0 Å². The SMILES string of the molecule is CC(CO)NC(=O)NCC(C)Oc1ccccc1Cl. The van der Waals surface area contributed by atoms with Gasteiger partial charge in [0.05, 0.1) is 24.2 Å². The summed E-state index contributed by atoms with van der Waals surface area (Å²) >= 11 is 5.97. The van der Waals surface area contributed by atoms with Gasteiger partial charge < -0.3 is 20.5 Å². The number of carbonyl (C=O) groups excluding carboxylic acids is 1. The molecule has 2 atom stereocenters. The minimum absolute atomic E-state index is 0.0981. The zero-order valence-electron chi connectivity index (χ0n) is 11.0. The first-order chi connectivity index (χ1) is 9.02. The molecular formula is C13H19ClN2O3. The second-order valence-electron chi connectivity index (χ2n) is 4.30. The van der Waals surface area contributed by atoms with Crippen LogP contribution in [-0.4, -0.2) is 36.4 Å². The van der Waals surface area contributed by atoms with E-state index in [1.54, 1.807) is 19.1 Å². The number of ether oxygens (including phenoxy) is 1. The van der Waals surface area contributed by atoms with E-state index in [9.17, 15) is 4.79 Å². The molecule has 0 heterocycles. The van der Waals surface area contributed by atoms with Gasteiger partial charge >= 0.3 is 6.03 Å². The Morgan fingerprint density at radius 1 is 1.42 bits per heavy atom. The summed E-state index contributed by atoms with van der Waals surface area (Å²) in [7, 11) is 0. The number of aliphatic hydroxyl groups excluding tert-OH is 1. The lowest BCUT2D eigenvalue weighted by molar-refractivity contribution is 0.200. The maximum absolute atomic E-state index is 11.4. The van der Waals surface area contributed by atoms with Crippen molar-refractivity contribution in [1.82, 2.24) is 10.6 Å². The maximum atomic E-state index is 11.4. The highest BCUT2D eigenvalue weighted by Crippen LogP contribution is 2.23. The minimum atomic E-state index is -0.337. The number of urea groups is 1. The molecule has 0 aromatic heterocycles. The smallest absolute Gasteiger partial charge is 0.315 e. The van der Waals surface area contributed by atoms with Crippen LogP contribution in [0.2, 0.25) is 5.02 Å². The summed E-state index contributed by atoms with van der Waals surface area (Å²) in [5, 5.41) is 14.6. The van der Waals surface area contributed by atoms with Crippen LogP contribution in [0.1, 0.15) is 13.8 Å². The highest BCUT2D eigenvalue weighted by Gasteiger charge is 2.10.